The van der Waals surface area contributed by atoms with Gasteiger partial charge in [0, 0.05) is 22.8 Å². The summed E-state index contributed by atoms with van der Waals surface area (Å²) in [4.78, 5) is 16.4. The number of carbonyl (C=O) groups is 1. The number of anilines is 1. The molecular formula is C17H13ClN2O4S. The first kappa shape index (κ1) is 16.1. The van der Waals surface area contributed by atoms with E-state index in [1.807, 2.05) is 0 Å². The van der Waals surface area contributed by atoms with Crippen LogP contribution in [0.25, 0.3) is 11.1 Å². The molecule has 0 bridgehead atoms. The Morgan fingerprint density at radius 2 is 2.00 bits per heavy atom. The van der Waals surface area contributed by atoms with E-state index in [0.717, 1.165) is 0 Å². The lowest BCUT2D eigenvalue weighted by Crippen LogP contribution is -2.17. The van der Waals surface area contributed by atoms with Gasteiger partial charge in [-0.25, -0.2) is 4.98 Å². The van der Waals surface area contributed by atoms with Crippen molar-refractivity contribution in [2.75, 3.05) is 24.3 Å². The highest BCUT2D eigenvalue weighted by Gasteiger charge is 2.14. The molecule has 0 spiro atoms. The van der Waals surface area contributed by atoms with Crippen LogP contribution in [0.3, 0.4) is 0 Å². The van der Waals surface area contributed by atoms with E-state index in [4.69, 9.17) is 25.5 Å². The molecule has 4 rings (SSSR count). The zero-order valence-corrected chi connectivity index (χ0v) is 14.5. The maximum absolute atomic E-state index is 12.1. The molecule has 0 aliphatic carbocycles. The Labute approximate surface area is 152 Å². The average molecular weight is 377 g/mol. The molecule has 0 fully saturated rings. The molecule has 1 aliphatic rings. The van der Waals surface area contributed by atoms with Crippen molar-refractivity contribution in [3.05, 3.63) is 41.4 Å². The number of hydrogen-bond acceptors (Lipinski definition) is 6. The lowest BCUT2D eigenvalue weighted by atomic mass is 10.2. The number of rotatable bonds is 4. The number of nitrogens with one attached hydrogen (secondary N) is 1. The number of aromatic nitrogens is 1. The maximum atomic E-state index is 12.1. The number of ether oxygens (including phenoxy) is 2. The number of halogens is 1. The van der Waals surface area contributed by atoms with E-state index in [2.05, 4.69) is 10.3 Å². The molecule has 0 unspecified atom stereocenters. The van der Waals surface area contributed by atoms with E-state index >= 15 is 0 Å². The summed E-state index contributed by atoms with van der Waals surface area (Å²) < 4.78 is 16.5. The molecule has 1 amide bonds. The Bertz CT molecular complexity index is 944. The minimum atomic E-state index is -0.165. The zero-order valence-electron chi connectivity index (χ0n) is 13.0. The van der Waals surface area contributed by atoms with E-state index < -0.39 is 0 Å². The molecule has 2 aromatic carbocycles. The van der Waals surface area contributed by atoms with E-state index in [0.29, 0.717) is 51.7 Å². The molecule has 128 valence electrons. The minimum Gasteiger partial charge on any atom is -0.486 e. The maximum Gasteiger partial charge on any atom is 0.257 e. The monoisotopic (exact) mass is 376 g/mol. The second-order valence-corrected chi connectivity index (χ2v) is 6.65. The van der Waals surface area contributed by atoms with Crippen LogP contribution in [0.15, 0.2) is 46.0 Å². The summed E-state index contributed by atoms with van der Waals surface area (Å²) in [6.45, 7) is 1.03. The molecule has 1 aromatic heterocycles. The van der Waals surface area contributed by atoms with Crippen LogP contribution in [-0.2, 0) is 4.79 Å². The molecule has 3 aromatic rings. The fourth-order valence-electron chi connectivity index (χ4n) is 2.38. The molecule has 2 heterocycles. The van der Waals surface area contributed by atoms with Crippen LogP contribution in [0.5, 0.6) is 11.5 Å². The predicted octanol–water partition coefficient (Wildman–Crippen LogP) is 3.98. The Hall–Kier alpha value is -2.38. The van der Waals surface area contributed by atoms with Crippen LogP contribution < -0.4 is 14.8 Å². The van der Waals surface area contributed by atoms with Gasteiger partial charge < -0.3 is 19.2 Å². The number of benzene rings is 2. The summed E-state index contributed by atoms with van der Waals surface area (Å²) in [5.41, 5.74) is 1.96. The molecule has 1 aliphatic heterocycles. The van der Waals surface area contributed by atoms with Gasteiger partial charge in [0.1, 0.15) is 18.7 Å². The van der Waals surface area contributed by atoms with Gasteiger partial charge in [0.15, 0.2) is 17.1 Å². The summed E-state index contributed by atoms with van der Waals surface area (Å²) >= 11 is 7.14. The zero-order chi connectivity index (χ0) is 17.2. The van der Waals surface area contributed by atoms with Crippen molar-refractivity contribution in [1.82, 2.24) is 4.98 Å². The summed E-state index contributed by atoms with van der Waals surface area (Å²) in [5.74, 6) is 1.33. The smallest absolute Gasteiger partial charge is 0.257 e. The molecule has 0 radical (unpaired) electrons. The molecule has 8 heteroatoms. The SMILES string of the molecule is O=C(CSc1nc2ccc(Cl)cc2o1)Nc1ccc2c(c1)OCCO2. The second kappa shape index (κ2) is 6.85. The highest BCUT2D eigenvalue weighted by atomic mass is 35.5. The predicted molar refractivity (Wildman–Crippen MR) is 95.8 cm³/mol. The Kier molecular flexibility index (Phi) is 4.42. The van der Waals surface area contributed by atoms with Gasteiger partial charge in [0.25, 0.3) is 5.22 Å². The van der Waals surface area contributed by atoms with Gasteiger partial charge in [-0.15, -0.1) is 0 Å². The number of hydrogen-bond donors (Lipinski definition) is 1. The molecule has 0 saturated carbocycles. The topological polar surface area (TPSA) is 73.6 Å². The Morgan fingerprint density at radius 1 is 1.16 bits per heavy atom. The quantitative estimate of drug-likeness (QED) is 0.694. The van der Waals surface area contributed by atoms with Gasteiger partial charge in [-0.2, -0.15) is 0 Å². The normalized spacial score (nSPS) is 13.0. The van der Waals surface area contributed by atoms with Gasteiger partial charge in [-0.3, -0.25) is 4.79 Å². The van der Waals surface area contributed by atoms with Crippen molar-refractivity contribution in [2.24, 2.45) is 0 Å². The van der Waals surface area contributed by atoms with E-state index in [1.54, 1.807) is 36.4 Å². The number of fused-ring (bicyclic) bond motifs is 2. The van der Waals surface area contributed by atoms with Crippen molar-refractivity contribution in [3.63, 3.8) is 0 Å². The average Bonchev–Trinajstić information content (AvgIpc) is 3.02. The summed E-state index contributed by atoms with van der Waals surface area (Å²) in [6.07, 6.45) is 0. The number of nitrogens with zero attached hydrogens (tertiary/aromatic N) is 1. The van der Waals surface area contributed by atoms with Gasteiger partial charge in [-0.1, -0.05) is 23.4 Å². The van der Waals surface area contributed by atoms with Gasteiger partial charge in [0.2, 0.25) is 5.91 Å². The first-order valence-corrected chi connectivity index (χ1v) is 8.92. The Morgan fingerprint density at radius 3 is 2.88 bits per heavy atom. The number of carbonyl (C=O) groups excluding carboxylic acids is 1. The van der Waals surface area contributed by atoms with Crippen LogP contribution in [-0.4, -0.2) is 29.9 Å². The van der Waals surface area contributed by atoms with Crippen LogP contribution in [0.1, 0.15) is 0 Å². The molecule has 6 nitrogen and oxygen atoms in total. The van der Waals surface area contributed by atoms with Gasteiger partial charge >= 0.3 is 0 Å². The summed E-state index contributed by atoms with van der Waals surface area (Å²) in [6, 6.07) is 10.5. The highest BCUT2D eigenvalue weighted by molar-refractivity contribution is 7.99. The number of amides is 1. The van der Waals surface area contributed by atoms with Crippen molar-refractivity contribution in [1.29, 1.82) is 0 Å². The van der Waals surface area contributed by atoms with Crippen LogP contribution in [0, 0.1) is 0 Å². The van der Waals surface area contributed by atoms with Gasteiger partial charge in [0.05, 0.1) is 5.75 Å². The number of thioether (sulfide) groups is 1. The lowest BCUT2D eigenvalue weighted by Gasteiger charge is -2.18. The molecule has 0 saturated heterocycles. The first-order valence-electron chi connectivity index (χ1n) is 7.56. The first-order chi connectivity index (χ1) is 12.2. The van der Waals surface area contributed by atoms with Gasteiger partial charge in [-0.05, 0) is 24.3 Å². The molecular weight excluding hydrogens is 364 g/mol. The van der Waals surface area contributed by atoms with Crippen molar-refractivity contribution < 1.29 is 18.7 Å². The third-order valence-electron chi connectivity index (χ3n) is 3.48. The fourth-order valence-corrected chi connectivity index (χ4v) is 3.18. The van der Waals surface area contributed by atoms with Crippen molar-refractivity contribution >= 4 is 46.1 Å². The van der Waals surface area contributed by atoms with Crippen LogP contribution in [0.4, 0.5) is 5.69 Å². The Balaban J connectivity index is 1.38. The largest absolute Gasteiger partial charge is 0.486 e. The van der Waals surface area contributed by atoms with E-state index in [-0.39, 0.29) is 11.7 Å². The molecule has 0 atom stereocenters. The van der Waals surface area contributed by atoms with Crippen LogP contribution in [0.2, 0.25) is 5.02 Å². The second-order valence-electron chi connectivity index (χ2n) is 5.29. The standard InChI is InChI=1S/C17H13ClN2O4S/c18-10-1-3-12-14(7-10)24-17(20-12)25-9-16(21)19-11-2-4-13-15(8-11)23-6-5-22-13/h1-4,7-8H,5-6,9H2,(H,19,21). The van der Waals surface area contributed by atoms with Crippen molar-refractivity contribution in [2.45, 2.75) is 5.22 Å². The van der Waals surface area contributed by atoms with E-state index in [9.17, 15) is 4.79 Å². The van der Waals surface area contributed by atoms with Crippen molar-refractivity contribution in [3.8, 4) is 11.5 Å². The van der Waals surface area contributed by atoms with Crippen LogP contribution >= 0.6 is 23.4 Å². The molecule has 25 heavy (non-hydrogen) atoms. The third kappa shape index (κ3) is 3.67. The van der Waals surface area contributed by atoms with E-state index in [1.165, 1.54) is 11.8 Å². The highest BCUT2D eigenvalue weighted by Crippen LogP contribution is 2.32. The number of oxazole rings is 1. The third-order valence-corrected chi connectivity index (χ3v) is 4.55. The lowest BCUT2D eigenvalue weighted by molar-refractivity contribution is -0.113. The molecule has 1 N–H and O–H groups in total. The summed E-state index contributed by atoms with van der Waals surface area (Å²) in [7, 11) is 0. The summed E-state index contributed by atoms with van der Waals surface area (Å²) in [5, 5.41) is 3.82. The fraction of sp³-hybridized carbons (Fsp3) is 0.176. The minimum absolute atomic E-state index is 0.165.